The first-order valence-corrected chi connectivity index (χ1v) is 15.2. The summed E-state index contributed by atoms with van der Waals surface area (Å²) in [7, 11) is 0. The van der Waals surface area contributed by atoms with E-state index in [4.69, 9.17) is 10.5 Å². The Morgan fingerprint density at radius 1 is 0.975 bits per heavy atom. The number of nitrogens with zero attached hydrogens (tertiary/aromatic N) is 3. The zero-order chi connectivity index (χ0) is 28.0. The number of ether oxygens (including phenoxy) is 1. The predicted molar refractivity (Wildman–Crippen MR) is 160 cm³/mol. The van der Waals surface area contributed by atoms with Crippen LogP contribution in [0.4, 0.5) is 4.39 Å². The van der Waals surface area contributed by atoms with Gasteiger partial charge in [-0.1, -0.05) is 44.4 Å². The van der Waals surface area contributed by atoms with Gasteiger partial charge in [-0.15, -0.1) is 0 Å². The molecule has 0 atom stereocenters. The van der Waals surface area contributed by atoms with Crippen LogP contribution in [0.25, 0.3) is 22.0 Å². The van der Waals surface area contributed by atoms with Gasteiger partial charge in [-0.2, -0.15) is 0 Å². The fourth-order valence-electron chi connectivity index (χ4n) is 6.45. The molecule has 0 amide bonds. The molecule has 0 spiro atoms. The molecule has 2 aromatic carbocycles. The molecule has 2 heterocycles. The maximum Gasteiger partial charge on any atom is 0.228 e. The monoisotopic (exact) mass is 548 g/mol. The highest BCUT2D eigenvalue weighted by Gasteiger charge is 2.34. The third kappa shape index (κ3) is 6.76. The van der Waals surface area contributed by atoms with E-state index in [0.29, 0.717) is 12.2 Å². The van der Waals surface area contributed by atoms with Gasteiger partial charge in [-0.3, -0.25) is 9.69 Å². The third-order valence-corrected chi connectivity index (χ3v) is 9.00. The van der Waals surface area contributed by atoms with Crippen molar-refractivity contribution in [1.29, 1.82) is 0 Å². The van der Waals surface area contributed by atoms with E-state index < -0.39 is 12.4 Å². The van der Waals surface area contributed by atoms with Gasteiger partial charge in [0.2, 0.25) is 6.86 Å². The number of rotatable bonds is 12. The standard InChI is InChI=1S/C33H45FN4O2/c1-2-36-18-20-37(21-19-36)23-26-9-14-31-29(22-26)30(27-10-12-28(13-11-27)40-25-34)24-38(31)17-7-4-8-32(39)33(35)15-5-3-6-16-33/h9-14,22,24H,2-8,15-21,23,25,35H2,1H3. The Kier molecular flexibility index (Phi) is 9.56. The topological polar surface area (TPSA) is 63.7 Å². The molecule has 1 aliphatic heterocycles. The van der Waals surface area contributed by atoms with Gasteiger partial charge in [0, 0.05) is 68.4 Å². The second kappa shape index (κ2) is 13.3. The summed E-state index contributed by atoms with van der Waals surface area (Å²) < 4.78 is 20.0. The maximum atomic E-state index is 12.9. The summed E-state index contributed by atoms with van der Waals surface area (Å²) in [5, 5.41) is 1.23. The lowest BCUT2D eigenvalue weighted by molar-refractivity contribution is -0.125. The van der Waals surface area contributed by atoms with Gasteiger partial charge in [-0.25, -0.2) is 4.39 Å². The van der Waals surface area contributed by atoms with Crippen molar-refractivity contribution in [3.8, 4) is 16.9 Å². The van der Waals surface area contributed by atoms with Gasteiger partial charge in [0.25, 0.3) is 0 Å². The molecular weight excluding hydrogens is 503 g/mol. The number of piperazine rings is 1. The summed E-state index contributed by atoms with van der Waals surface area (Å²) >= 11 is 0. The fraction of sp³-hybridized carbons (Fsp3) is 0.545. The van der Waals surface area contributed by atoms with Gasteiger partial charge in [-0.05, 0) is 67.6 Å². The number of hydrogen-bond donors (Lipinski definition) is 1. The number of Topliss-reactive ketones (excluding diaryl/α,β-unsaturated/α-hetero) is 1. The number of carbonyl (C=O) groups excluding carboxylic acids is 1. The Hall–Kier alpha value is -2.74. The van der Waals surface area contributed by atoms with E-state index in [1.807, 2.05) is 24.3 Å². The van der Waals surface area contributed by atoms with E-state index in [2.05, 4.69) is 45.7 Å². The molecule has 3 aromatic rings. The average Bonchev–Trinajstić information content (AvgIpc) is 3.34. The normalized spacial score (nSPS) is 18.3. The molecule has 40 heavy (non-hydrogen) atoms. The molecule has 0 radical (unpaired) electrons. The lowest BCUT2D eigenvalue weighted by Crippen LogP contribution is -2.49. The van der Waals surface area contributed by atoms with E-state index in [1.165, 1.54) is 28.5 Å². The van der Waals surface area contributed by atoms with Crippen molar-refractivity contribution in [2.75, 3.05) is 39.6 Å². The molecule has 2 fully saturated rings. The summed E-state index contributed by atoms with van der Waals surface area (Å²) in [6.45, 7) is 8.76. The number of nitrogens with two attached hydrogens (primary N) is 1. The molecule has 1 saturated carbocycles. The van der Waals surface area contributed by atoms with Gasteiger partial charge < -0.3 is 19.9 Å². The van der Waals surface area contributed by atoms with Gasteiger partial charge in [0.1, 0.15) is 5.75 Å². The number of ketones is 1. The first-order chi connectivity index (χ1) is 19.5. The van der Waals surface area contributed by atoms with Crippen molar-refractivity contribution in [2.24, 2.45) is 5.73 Å². The van der Waals surface area contributed by atoms with Crippen LogP contribution >= 0.6 is 0 Å². The van der Waals surface area contributed by atoms with E-state index in [1.54, 1.807) is 0 Å². The van der Waals surface area contributed by atoms with Crippen molar-refractivity contribution in [2.45, 2.75) is 76.9 Å². The van der Waals surface area contributed by atoms with E-state index in [0.717, 1.165) is 89.9 Å². The first kappa shape index (κ1) is 28.8. The molecule has 7 heteroatoms. The number of fused-ring (bicyclic) bond motifs is 1. The van der Waals surface area contributed by atoms with Crippen LogP contribution < -0.4 is 10.5 Å². The molecule has 216 valence electrons. The summed E-state index contributed by atoms with van der Waals surface area (Å²) in [6.07, 6.45) is 9.57. The number of carbonyl (C=O) groups is 1. The quantitative estimate of drug-likeness (QED) is 0.275. The first-order valence-electron chi connectivity index (χ1n) is 15.2. The van der Waals surface area contributed by atoms with E-state index >= 15 is 0 Å². The number of alkyl halides is 1. The predicted octanol–water partition coefficient (Wildman–Crippen LogP) is 6.15. The molecule has 1 saturated heterocycles. The van der Waals surface area contributed by atoms with Crippen LogP contribution in [0.1, 0.15) is 63.9 Å². The highest BCUT2D eigenvalue weighted by Crippen LogP contribution is 2.34. The van der Waals surface area contributed by atoms with Crippen molar-refractivity contribution in [1.82, 2.24) is 14.4 Å². The molecular formula is C33H45FN4O2. The zero-order valence-corrected chi connectivity index (χ0v) is 24.0. The zero-order valence-electron chi connectivity index (χ0n) is 24.0. The summed E-state index contributed by atoms with van der Waals surface area (Å²) in [6, 6.07) is 14.5. The third-order valence-electron chi connectivity index (χ3n) is 9.00. The molecule has 0 bridgehead atoms. The Morgan fingerprint density at radius 2 is 1.70 bits per heavy atom. The molecule has 2 N–H and O–H groups in total. The highest BCUT2D eigenvalue weighted by molar-refractivity contribution is 5.96. The lowest BCUT2D eigenvalue weighted by Gasteiger charge is -2.34. The molecule has 2 aliphatic rings. The molecule has 5 rings (SSSR count). The largest absolute Gasteiger partial charge is 0.463 e. The van der Waals surface area contributed by atoms with Crippen molar-refractivity contribution in [3.63, 3.8) is 0 Å². The number of likely N-dealkylation sites (N-methyl/N-ethyl adjacent to an activating group) is 1. The number of benzene rings is 2. The summed E-state index contributed by atoms with van der Waals surface area (Å²) in [4.78, 5) is 17.9. The second-order valence-electron chi connectivity index (χ2n) is 11.7. The van der Waals surface area contributed by atoms with E-state index in [-0.39, 0.29) is 5.78 Å². The van der Waals surface area contributed by atoms with Crippen molar-refractivity contribution >= 4 is 16.7 Å². The molecule has 1 aromatic heterocycles. The smallest absolute Gasteiger partial charge is 0.228 e. The van der Waals surface area contributed by atoms with Gasteiger partial charge in [0.15, 0.2) is 5.78 Å². The second-order valence-corrected chi connectivity index (χ2v) is 11.7. The van der Waals surface area contributed by atoms with Crippen LogP contribution in [0.15, 0.2) is 48.7 Å². The highest BCUT2D eigenvalue weighted by atomic mass is 19.1. The van der Waals surface area contributed by atoms with Crippen LogP contribution in [-0.4, -0.2) is 65.3 Å². The Morgan fingerprint density at radius 3 is 2.40 bits per heavy atom. The Labute approximate surface area is 238 Å². The van der Waals surface area contributed by atoms with Crippen LogP contribution in [-0.2, 0) is 17.9 Å². The van der Waals surface area contributed by atoms with Gasteiger partial charge in [0.05, 0.1) is 5.54 Å². The Balaban J connectivity index is 1.32. The number of aromatic nitrogens is 1. The minimum Gasteiger partial charge on any atom is -0.463 e. The van der Waals surface area contributed by atoms with Crippen LogP contribution in [0, 0.1) is 0 Å². The lowest BCUT2D eigenvalue weighted by atomic mass is 9.78. The number of hydrogen-bond acceptors (Lipinski definition) is 5. The number of aryl methyl sites for hydroxylation is 1. The molecule has 6 nitrogen and oxygen atoms in total. The minimum atomic E-state index is -0.831. The number of unbranched alkanes of at least 4 members (excludes halogenated alkanes) is 1. The molecule has 1 aliphatic carbocycles. The van der Waals surface area contributed by atoms with Crippen molar-refractivity contribution in [3.05, 3.63) is 54.2 Å². The minimum absolute atomic E-state index is 0.241. The van der Waals surface area contributed by atoms with E-state index in [9.17, 15) is 9.18 Å². The average molecular weight is 549 g/mol. The summed E-state index contributed by atoms with van der Waals surface area (Å²) in [5.41, 5.74) is 10.6. The SMILES string of the molecule is CCN1CCN(Cc2ccc3c(c2)c(-c2ccc(OCF)cc2)cn3CCCCC(=O)C2(N)CCCCC2)CC1. The van der Waals surface area contributed by atoms with Crippen LogP contribution in [0.5, 0.6) is 5.75 Å². The maximum absolute atomic E-state index is 12.9. The number of halogens is 1. The van der Waals surface area contributed by atoms with Crippen LogP contribution in [0.2, 0.25) is 0 Å². The fourth-order valence-corrected chi connectivity index (χ4v) is 6.45. The van der Waals surface area contributed by atoms with Gasteiger partial charge >= 0.3 is 0 Å². The Bertz CT molecular complexity index is 1260. The van der Waals surface area contributed by atoms with Crippen molar-refractivity contribution < 1.29 is 13.9 Å². The summed E-state index contributed by atoms with van der Waals surface area (Å²) in [5.74, 6) is 0.771. The molecule has 0 unspecified atom stereocenters. The van der Waals surface area contributed by atoms with Crippen LogP contribution in [0.3, 0.4) is 0 Å².